The van der Waals surface area contributed by atoms with E-state index in [0.717, 1.165) is 11.6 Å². The lowest BCUT2D eigenvalue weighted by atomic mass is 10.1. The van der Waals surface area contributed by atoms with Crippen LogP contribution in [0.3, 0.4) is 0 Å². The first-order chi connectivity index (χ1) is 12.3. The molecule has 0 radical (unpaired) electrons. The highest BCUT2D eigenvalue weighted by atomic mass is 19.4. The molecule has 26 heavy (non-hydrogen) atoms. The summed E-state index contributed by atoms with van der Waals surface area (Å²) in [5.41, 5.74) is 0.660. The van der Waals surface area contributed by atoms with Gasteiger partial charge >= 0.3 is 6.18 Å². The Hall–Kier alpha value is -2.64. The molecule has 8 heteroatoms. The summed E-state index contributed by atoms with van der Waals surface area (Å²) in [7, 11) is 0. The number of hydrogen-bond acceptors (Lipinski definition) is 4. The van der Waals surface area contributed by atoms with Gasteiger partial charge in [-0.2, -0.15) is 13.2 Å². The van der Waals surface area contributed by atoms with Crippen LogP contribution in [0.4, 0.5) is 19.0 Å². The van der Waals surface area contributed by atoms with E-state index in [-0.39, 0.29) is 5.91 Å². The summed E-state index contributed by atoms with van der Waals surface area (Å²) >= 11 is 0. The van der Waals surface area contributed by atoms with Crippen molar-refractivity contribution in [1.82, 2.24) is 15.1 Å². The van der Waals surface area contributed by atoms with E-state index in [9.17, 15) is 18.0 Å². The van der Waals surface area contributed by atoms with Crippen LogP contribution < -0.4 is 4.90 Å². The predicted octanol–water partition coefficient (Wildman–Crippen LogP) is 3.16. The molecule has 3 rings (SSSR count). The lowest BCUT2D eigenvalue weighted by Crippen LogP contribution is -2.35. The summed E-state index contributed by atoms with van der Waals surface area (Å²) in [4.78, 5) is 16.3. The average molecular weight is 364 g/mol. The van der Waals surface area contributed by atoms with Crippen LogP contribution in [0.25, 0.3) is 0 Å². The third kappa shape index (κ3) is 4.12. The van der Waals surface area contributed by atoms with E-state index in [0.29, 0.717) is 44.0 Å². The van der Waals surface area contributed by atoms with Crippen LogP contribution in [0.2, 0.25) is 0 Å². The minimum Gasteiger partial charge on any atom is -0.353 e. The van der Waals surface area contributed by atoms with E-state index in [1.165, 1.54) is 6.07 Å². The van der Waals surface area contributed by atoms with Crippen molar-refractivity contribution in [2.45, 2.75) is 19.5 Å². The maximum absolute atomic E-state index is 12.7. The Morgan fingerprint density at radius 1 is 1.04 bits per heavy atom. The zero-order valence-corrected chi connectivity index (χ0v) is 14.3. The number of rotatable bonds is 2. The van der Waals surface area contributed by atoms with Crippen LogP contribution in [0.5, 0.6) is 0 Å². The summed E-state index contributed by atoms with van der Waals surface area (Å²) in [5.74, 6) is 0.358. The summed E-state index contributed by atoms with van der Waals surface area (Å²) in [5, 5.41) is 6.97. The Labute approximate surface area is 149 Å². The molecular weight excluding hydrogens is 345 g/mol. The average Bonchev–Trinajstić information content (AvgIpc) is 2.86. The van der Waals surface area contributed by atoms with Crippen molar-refractivity contribution < 1.29 is 18.0 Å². The Morgan fingerprint density at radius 2 is 1.85 bits per heavy atom. The van der Waals surface area contributed by atoms with Gasteiger partial charge in [0, 0.05) is 31.7 Å². The molecule has 0 bridgehead atoms. The monoisotopic (exact) mass is 364 g/mol. The number of carbonyl (C=O) groups is 1. The van der Waals surface area contributed by atoms with Crippen LogP contribution in [0.15, 0.2) is 36.4 Å². The van der Waals surface area contributed by atoms with Crippen LogP contribution in [0, 0.1) is 6.92 Å². The van der Waals surface area contributed by atoms with Gasteiger partial charge in [-0.25, -0.2) is 0 Å². The number of hydrogen-bond donors (Lipinski definition) is 0. The first-order valence-corrected chi connectivity index (χ1v) is 8.36. The topological polar surface area (TPSA) is 49.3 Å². The normalized spacial score (nSPS) is 15.7. The van der Waals surface area contributed by atoms with Gasteiger partial charge in [-0.3, -0.25) is 4.79 Å². The highest BCUT2D eigenvalue weighted by Gasteiger charge is 2.33. The van der Waals surface area contributed by atoms with Gasteiger partial charge in [0.2, 0.25) is 0 Å². The van der Waals surface area contributed by atoms with E-state index in [2.05, 4.69) is 10.2 Å². The maximum Gasteiger partial charge on any atom is 0.435 e. The molecular formula is C18H19F3N4O. The fraction of sp³-hybridized carbons (Fsp3) is 0.389. The Balaban J connectivity index is 1.67. The summed E-state index contributed by atoms with van der Waals surface area (Å²) < 4.78 is 37.8. The van der Waals surface area contributed by atoms with Crippen LogP contribution >= 0.6 is 0 Å². The second-order valence-corrected chi connectivity index (χ2v) is 6.28. The third-order valence-corrected chi connectivity index (χ3v) is 4.31. The number of halogens is 3. The molecule has 0 N–H and O–H groups in total. The van der Waals surface area contributed by atoms with Gasteiger partial charge in [0.25, 0.3) is 5.91 Å². The first kappa shape index (κ1) is 18.2. The molecule has 138 valence electrons. The number of aryl methyl sites for hydroxylation is 1. The molecule has 5 nitrogen and oxygen atoms in total. The molecule has 0 saturated carbocycles. The van der Waals surface area contributed by atoms with Crippen molar-refractivity contribution in [3.63, 3.8) is 0 Å². The zero-order valence-electron chi connectivity index (χ0n) is 14.3. The molecule has 1 fully saturated rings. The SMILES string of the molecule is Cc1cccc(C(=O)N2CCCN(c3ccc(C(F)(F)F)nn3)CC2)c1. The Kier molecular flexibility index (Phi) is 5.11. The fourth-order valence-electron chi connectivity index (χ4n) is 2.96. The third-order valence-electron chi connectivity index (χ3n) is 4.31. The van der Waals surface area contributed by atoms with E-state index in [1.807, 2.05) is 30.0 Å². The number of amides is 1. The minimum absolute atomic E-state index is 0.0333. The highest BCUT2D eigenvalue weighted by Crippen LogP contribution is 2.27. The highest BCUT2D eigenvalue weighted by molar-refractivity contribution is 5.94. The van der Waals surface area contributed by atoms with Gasteiger partial charge < -0.3 is 9.80 Å². The van der Waals surface area contributed by atoms with E-state index < -0.39 is 11.9 Å². The number of nitrogens with zero attached hydrogens (tertiary/aromatic N) is 4. The molecule has 2 aromatic rings. The van der Waals surface area contributed by atoms with Crippen molar-refractivity contribution in [3.05, 3.63) is 53.2 Å². The molecule has 0 unspecified atom stereocenters. The number of benzene rings is 1. The van der Waals surface area contributed by atoms with Gasteiger partial charge in [-0.15, -0.1) is 10.2 Å². The van der Waals surface area contributed by atoms with Gasteiger partial charge in [0.1, 0.15) is 0 Å². The number of alkyl halides is 3. The van der Waals surface area contributed by atoms with E-state index in [1.54, 1.807) is 11.0 Å². The van der Waals surface area contributed by atoms with E-state index >= 15 is 0 Å². The molecule has 0 atom stereocenters. The predicted molar refractivity (Wildman–Crippen MR) is 90.9 cm³/mol. The summed E-state index contributed by atoms with van der Waals surface area (Å²) in [6.07, 6.45) is -3.79. The Bertz CT molecular complexity index is 777. The van der Waals surface area contributed by atoms with Crippen molar-refractivity contribution in [3.8, 4) is 0 Å². The number of anilines is 1. The number of aromatic nitrogens is 2. The second-order valence-electron chi connectivity index (χ2n) is 6.28. The minimum atomic E-state index is -4.50. The molecule has 1 aromatic heterocycles. The first-order valence-electron chi connectivity index (χ1n) is 8.36. The molecule has 1 amide bonds. The van der Waals surface area contributed by atoms with Crippen molar-refractivity contribution in [1.29, 1.82) is 0 Å². The smallest absolute Gasteiger partial charge is 0.353 e. The quantitative estimate of drug-likeness (QED) is 0.821. The summed E-state index contributed by atoms with van der Waals surface area (Å²) in [6.45, 7) is 4.12. The van der Waals surface area contributed by atoms with Crippen molar-refractivity contribution in [2.75, 3.05) is 31.1 Å². The van der Waals surface area contributed by atoms with Gasteiger partial charge in [0.05, 0.1) is 0 Å². The van der Waals surface area contributed by atoms with Gasteiger partial charge in [-0.05, 0) is 37.6 Å². The number of carbonyl (C=O) groups excluding carboxylic acids is 1. The van der Waals surface area contributed by atoms with Crippen LogP contribution in [-0.2, 0) is 6.18 Å². The summed E-state index contributed by atoms with van der Waals surface area (Å²) in [6, 6.07) is 9.69. The maximum atomic E-state index is 12.7. The van der Waals surface area contributed by atoms with Crippen LogP contribution in [-0.4, -0.2) is 47.2 Å². The van der Waals surface area contributed by atoms with Crippen molar-refractivity contribution in [2.24, 2.45) is 0 Å². The van der Waals surface area contributed by atoms with Crippen LogP contribution in [0.1, 0.15) is 28.0 Å². The van der Waals surface area contributed by atoms with E-state index in [4.69, 9.17) is 0 Å². The molecule has 2 heterocycles. The van der Waals surface area contributed by atoms with Gasteiger partial charge in [-0.1, -0.05) is 17.7 Å². The Morgan fingerprint density at radius 3 is 2.50 bits per heavy atom. The molecule has 1 saturated heterocycles. The largest absolute Gasteiger partial charge is 0.435 e. The standard InChI is InChI=1S/C18H19F3N4O/c1-13-4-2-5-14(12-13)17(26)25-9-3-8-24(10-11-25)16-7-6-15(22-23-16)18(19,20)21/h2,4-7,12H,3,8-11H2,1H3. The lowest BCUT2D eigenvalue weighted by Gasteiger charge is -2.22. The zero-order chi connectivity index (χ0) is 18.7. The lowest BCUT2D eigenvalue weighted by molar-refractivity contribution is -0.141. The second kappa shape index (κ2) is 7.31. The molecule has 0 aliphatic carbocycles. The molecule has 0 spiro atoms. The molecule has 1 aromatic carbocycles. The molecule has 1 aliphatic rings. The van der Waals surface area contributed by atoms with Crippen molar-refractivity contribution >= 4 is 11.7 Å². The molecule has 1 aliphatic heterocycles. The fourth-order valence-corrected chi connectivity index (χ4v) is 2.96. The van der Waals surface area contributed by atoms with Gasteiger partial charge in [0.15, 0.2) is 11.5 Å².